The van der Waals surface area contributed by atoms with Gasteiger partial charge in [0, 0.05) is 18.8 Å². The zero-order valence-corrected chi connectivity index (χ0v) is 9.99. The SMILES string of the molecule is CC(C)C(Cc1ncnn1C)C(C)Cl. The fourth-order valence-corrected chi connectivity index (χ4v) is 2.02. The van der Waals surface area contributed by atoms with Crippen molar-refractivity contribution in [2.75, 3.05) is 0 Å². The Hall–Kier alpha value is -0.570. The molecule has 0 aliphatic rings. The van der Waals surface area contributed by atoms with Crippen LogP contribution in [0.25, 0.3) is 0 Å². The fraction of sp³-hybridized carbons (Fsp3) is 0.800. The molecule has 0 amide bonds. The Kier molecular flexibility index (Phi) is 3.93. The van der Waals surface area contributed by atoms with Crippen LogP contribution in [-0.2, 0) is 13.5 Å². The Morgan fingerprint density at radius 3 is 2.43 bits per heavy atom. The van der Waals surface area contributed by atoms with Crippen LogP contribution in [0.15, 0.2) is 6.33 Å². The van der Waals surface area contributed by atoms with Crippen molar-refractivity contribution in [3.05, 3.63) is 12.2 Å². The molecule has 0 saturated heterocycles. The molecular formula is C10H18ClN3. The van der Waals surface area contributed by atoms with Gasteiger partial charge in [-0.1, -0.05) is 13.8 Å². The summed E-state index contributed by atoms with van der Waals surface area (Å²) in [5.74, 6) is 2.04. The maximum Gasteiger partial charge on any atom is 0.138 e. The van der Waals surface area contributed by atoms with Crippen molar-refractivity contribution in [1.82, 2.24) is 14.8 Å². The summed E-state index contributed by atoms with van der Waals surface area (Å²) in [7, 11) is 1.92. The van der Waals surface area contributed by atoms with Gasteiger partial charge in [0.05, 0.1) is 0 Å². The van der Waals surface area contributed by atoms with E-state index >= 15 is 0 Å². The standard InChI is InChI=1S/C10H18ClN3/c1-7(2)9(8(3)11)5-10-12-6-13-14(10)4/h6-9H,5H2,1-4H3. The number of hydrogen-bond acceptors (Lipinski definition) is 2. The Morgan fingerprint density at radius 2 is 2.07 bits per heavy atom. The van der Waals surface area contributed by atoms with E-state index in [1.807, 2.05) is 18.7 Å². The molecular weight excluding hydrogens is 198 g/mol. The highest BCUT2D eigenvalue weighted by Gasteiger charge is 2.21. The van der Waals surface area contributed by atoms with E-state index in [4.69, 9.17) is 11.6 Å². The van der Waals surface area contributed by atoms with E-state index in [1.165, 1.54) is 0 Å². The van der Waals surface area contributed by atoms with Crippen molar-refractivity contribution in [3.63, 3.8) is 0 Å². The minimum atomic E-state index is 0.173. The van der Waals surface area contributed by atoms with Crippen molar-refractivity contribution in [1.29, 1.82) is 0 Å². The molecule has 0 aliphatic heterocycles. The Bertz CT molecular complexity index is 273. The van der Waals surface area contributed by atoms with Crippen molar-refractivity contribution in [3.8, 4) is 0 Å². The predicted octanol–water partition coefficient (Wildman–Crippen LogP) is 2.26. The van der Waals surface area contributed by atoms with E-state index in [9.17, 15) is 0 Å². The summed E-state index contributed by atoms with van der Waals surface area (Å²) < 4.78 is 1.81. The molecule has 0 aliphatic carbocycles. The highest BCUT2D eigenvalue weighted by molar-refractivity contribution is 6.20. The molecule has 0 fully saturated rings. The van der Waals surface area contributed by atoms with E-state index in [0.29, 0.717) is 11.8 Å². The lowest BCUT2D eigenvalue weighted by Crippen LogP contribution is -2.22. The van der Waals surface area contributed by atoms with Gasteiger partial charge in [-0.25, -0.2) is 4.98 Å². The number of halogens is 1. The van der Waals surface area contributed by atoms with Crippen LogP contribution in [0.2, 0.25) is 0 Å². The molecule has 14 heavy (non-hydrogen) atoms. The summed E-state index contributed by atoms with van der Waals surface area (Å²) in [6, 6.07) is 0. The average molecular weight is 216 g/mol. The minimum absolute atomic E-state index is 0.173. The molecule has 0 bridgehead atoms. The molecule has 0 aromatic carbocycles. The topological polar surface area (TPSA) is 30.7 Å². The van der Waals surface area contributed by atoms with Crippen molar-refractivity contribution in [2.45, 2.75) is 32.6 Å². The molecule has 4 heteroatoms. The predicted molar refractivity (Wildman–Crippen MR) is 58.4 cm³/mol. The van der Waals surface area contributed by atoms with Crippen LogP contribution in [0.1, 0.15) is 26.6 Å². The third-order valence-electron chi connectivity index (χ3n) is 2.67. The Labute approximate surface area is 90.5 Å². The number of alkyl halides is 1. The number of rotatable bonds is 4. The second-order valence-electron chi connectivity index (χ2n) is 4.09. The fourth-order valence-electron chi connectivity index (χ4n) is 1.64. The lowest BCUT2D eigenvalue weighted by Gasteiger charge is -2.22. The summed E-state index contributed by atoms with van der Waals surface area (Å²) in [6.45, 7) is 6.43. The van der Waals surface area contributed by atoms with Crippen LogP contribution in [-0.4, -0.2) is 20.1 Å². The largest absolute Gasteiger partial charge is 0.253 e. The molecule has 3 nitrogen and oxygen atoms in total. The van der Waals surface area contributed by atoms with Crippen molar-refractivity contribution >= 4 is 11.6 Å². The van der Waals surface area contributed by atoms with Gasteiger partial charge in [-0.2, -0.15) is 5.10 Å². The molecule has 2 unspecified atom stereocenters. The second-order valence-corrected chi connectivity index (χ2v) is 4.78. The van der Waals surface area contributed by atoms with Crippen LogP contribution in [0.5, 0.6) is 0 Å². The summed E-state index contributed by atoms with van der Waals surface area (Å²) in [4.78, 5) is 4.21. The molecule has 1 rings (SSSR count). The Balaban J connectivity index is 2.70. The maximum atomic E-state index is 6.15. The lowest BCUT2D eigenvalue weighted by atomic mass is 9.89. The summed E-state index contributed by atoms with van der Waals surface area (Å²) in [5.41, 5.74) is 0. The molecule has 2 atom stereocenters. The monoisotopic (exact) mass is 215 g/mol. The summed E-state index contributed by atoms with van der Waals surface area (Å²) in [6.07, 6.45) is 2.49. The third-order valence-corrected chi connectivity index (χ3v) is 2.99. The second kappa shape index (κ2) is 4.78. The molecule has 0 spiro atoms. The van der Waals surface area contributed by atoms with E-state index in [-0.39, 0.29) is 5.38 Å². The quantitative estimate of drug-likeness (QED) is 0.722. The zero-order valence-electron chi connectivity index (χ0n) is 9.24. The number of aromatic nitrogens is 3. The van der Waals surface area contributed by atoms with Crippen LogP contribution in [0, 0.1) is 11.8 Å². The first kappa shape index (κ1) is 11.5. The summed E-state index contributed by atoms with van der Waals surface area (Å²) in [5, 5.41) is 4.22. The first-order chi connectivity index (χ1) is 6.52. The van der Waals surface area contributed by atoms with Gasteiger partial charge in [0.2, 0.25) is 0 Å². The van der Waals surface area contributed by atoms with Gasteiger partial charge >= 0.3 is 0 Å². The van der Waals surface area contributed by atoms with E-state index in [1.54, 1.807) is 6.33 Å². The highest BCUT2D eigenvalue weighted by Crippen LogP contribution is 2.23. The number of hydrogen-bond donors (Lipinski definition) is 0. The normalized spacial score (nSPS) is 15.9. The van der Waals surface area contributed by atoms with Crippen LogP contribution < -0.4 is 0 Å². The van der Waals surface area contributed by atoms with Gasteiger partial charge in [0.25, 0.3) is 0 Å². The number of aryl methyl sites for hydroxylation is 1. The van der Waals surface area contributed by atoms with Gasteiger partial charge < -0.3 is 0 Å². The molecule has 0 N–H and O–H groups in total. The highest BCUT2D eigenvalue weighted by atomic mass is 35.5. The van der Waals surface area contributed by atoms with E-state index < -0.39 is 0 Å². The minimum Gasteiger partial charge on any atom is -0.253 e. The van der Waals surface area contributed by atoms with Crippen molar-refractivity contribution < 1.29 is 0 Å². The molecule has 1 heterocycles. The van der Waals surface area contributed by atoms with Gasteiger partial charge in [-0.3, -0.25) is 4.68 Å². The zero-order chi connectivity index (χ0) is 10.7. The molecule has 1 aromatic rings. The van der Waals surface area contributed by atoms with Crippen LogP contribution in [0.3, 0.4) is 0 Å². The Morgan fingerprint density at radius 1 is 1.43 bits per heavy atom. The third kappa shape index (κ3) is 2.71. The molecule has 80 valence electrons. The van der Waals surface area contributed by atoms with Gasteiger partial charge in [-0.05, 0) is 18.8 Å². The molecule has 1 aromatic heterocycles. The first-order valence-electron chi connectivity index (χ1n) is 4.99. The first-order valence-corrected chi connectivity index (χ1v) is 5.43. The lowest BCUT2D eigenvalue weighted by molar-refractivity contribution is 0.365. The van der Waals surface area contributed by atoms with E-state index in [2.05, 4.69) is 23.9 Å². The van der Waals surface area contributed by atoms with Gasteiger partial charge in [0.15, 0.2) is 0 Å². The van der Waals surface area contributed by atoms with Crippen molar-refractivity contribution in [2.24, 2.45) is 18.9 Å². The summed E-state index contributed by atoms with van der Waals surface area (Å²) >= 11 is 6.15. The van der Waals surface area contributed by atoms with Gasteiger partial charge in [0.1, 0.15) is 12.2 Å². The van der Waals surface area contributed by atoms with Crippen LogP contribution >= 0.6 is 11.6 Å². The average Bonchev–Trinajstić information content (AvgIpc) is 2.46. The maximum absolute atomic E-state index is 6.15. The number of nitrogens with zero attached hydrogens (tertiary/aromatic N) is 3. The van der Waals surface area contributed by atoms with E-state index in [0.717, 1.165) is 12.2 Å². The van der Waals surface area contributed by atoms with Gasteiger partial charge in [-0.15, -0.1) is 11.6 Å². The molecule has 0 saturated carbocycles. The smallest absolute Gasteiger partial charge is 0.138 e. The molecule has 0 radical (unpaired) electrons. The van der Waals surface area contributed by atoms with Crippen LogP contribution in [0.4, 0.5) is 0 Å².